The molecule has 0 N–H and O–H groups in total. The Labute approximate surface area is 139 Å². The van der Waals surface area contributed by atoms with Gasteiger partial charge in [-0.2, -0.15) is 0 Å². The molecule has 1 nitrogen and oxygen atoms in total. The van der Waals surface area contributed by atoms with Crippen LogP contribution in [0.15, 0.2) is 72.8 Å². The van der Waals surface area contributed by atoms with Crippen molar-refractivity contribution in [2.75, 3.05) is 14.1 Å². The second-order valence-corrected chi connectivity index (χ2v) is 6.46. The van der Waals surface area contributed by atoms with Gasteiger partial charge in [0.25, 0.3) is 0 Å². The highest BCUT2D eigenvalue weighted by molar-refractivity contribution is 5.82. The summed E-state index contributed by atoms with van der Waals surface area (Å²) in [7, 11) is 4.35. The number of rotatable bonds is 6. The zero-order chi connectivity index (χ0) is 16.1. The number of nitrogens with zero attached hydrogens (tertiary/aromatic N) is 1. The summed E-state index contributed by atoms with van der Waals surface area (Å²) < 4.78 is 0. The lowest BCUT2D eigenvalue weighted by Crippen LogP contribution is -2.20. The SMILES string of the molecule is CN(C)C(CCCc1ccc2ccccc2c1)c1ccccc1. The third kappa shape index (κ3) is 4.00. The molecule has 0 aliphatic rings. The Bertz CT molecular complexity index is 746. The van der Waals surface area contributed by atoms with Crippen molar-refractivity contribution in [1.29, 1.82) is 0 Å². The first-order valence-electron chi connectivity index (χ1n) is 8.43. The van der Waals surface area contributed by atoms with E-state index in [9.17, 15) is 0 Å². The number of aryl methyl sites for hydroxylation is 1. The van der Waals surface area contributed by atoms with E-state index in [1.165, 1.54) is 34.7 Å². The molecule has 1 unspecified atom stereocenters. The molecular weight excluding hydrogens is 278 g/mol. The van der Waals surface area contributed by atoms with E-state index in [1.807, 2.05) is 0 Å². The second-order valence-electron chi connectivity index (χ2n) is 6.46. The molecule has 0 saturated carbocycles. The Balaban J connectivity index is 1.64. The van der Waals surface area contributed by atoms with Crippen LogP contribution >= 0.6 is 0 Å². The zero-order valence-electron chi connectivity index (χ0n) is 14.1. The molecule has 1 atom stereocenters. The minimum atomic E-state index is 0.497. The van der Waals surface area contributed by atoms with Gasteiger partial charge in [-0.3, -0.25) is 0 Å². The molecule has 3 rings (SSSR count). The number of benzene rings is 3. The molecule has 23 heavy (non-hydrogen) atoms. The van der Waals surface area contributed by atoms with Gasteiger partial charge in [-0.05, 0) is 55.3 Å². The van der Waals surface area contributed by atoms with Gasteiger partial charge in [-0.1, -0.05) is 72.8 Å². The van der Waals surface area contributed by atoms with Gasteiger partial charge in [0.05, 0.1) is 0 Å². The fourth-order valence-corrected chi connectivity index (χ4v) is 3.29. The molecule has 0 aromatic heterocycles. The van der Waals surface area contributed by atoms with Gasteiger partial charge in [0.15, 0.2) is 0 Å². The largest absolute Gasteiger partial charge is 0.302 e. The smallest absolute Gasteiger partial charge is 0.0342 e. The quantitative estimate of drug-likeness (QED) is 0.584. The fourth-order valence-electron chi connectivity index (χ4n) is 3.29. The van der Waals surface area contributed by atoms with Crippen molar-refractivity contribution in [1.82, 2.24) is 4.90 Å². The van der Waals surface area contributed by atoms with Gasteiger partial charge in [0, 0.05) is 6.04 Å². The molecule has 0 saturated heterocycles. The summed E-state index contributed by atoms with van der Waals surface area (Å²) in [6, 6.07) is 26.8. The van der Waals surface area contributed by atoms with Crippen LogP contribution in [0.4, 0.5) is 0 Å². The van der Waals surface area contributed by atoms with Crippen molar-refractivity contribution in [3.05, 3.63) is 83.9 Å². The van der Waals surface area contributed by atoms with Gasteiger partial charge in [-0.25, -0.2) is 0 Å². The number of hydrogen-bond acceptors (Lipinski definition) is 1. The van der Waals surface area contributed by atoms with Gasteiger partial charge in [0.2, 0.25) is 0 Å². The second kappa shape index (κ2) is 7.43. The molecule has 0 aliphatic carbocycles. The molecule has 1 heteroatoms. The fraction of sp³-hybridized carbons (Fsp3) is 0.273. The van der Waals surface area contributed by atoms with Crippen LogP contribution in [0, 0.1) is 0 Å². The summed E-state index contributed by atoms with van der Waals surface area (Å²) in [5.41, 5.74) is 2.85. The van der Waals surface area contributed by atoms with Crippen LogP contribution < -0.4 is 0 Å². The highest BCUT2D eigenvalue weighted by Crippen LogP contribution is 2.25. The summed E-state index contributed by atoms with van der Waals surface area (Å²) in [5.74, 6) is 0. The molecular formula is C22H25N. The van der Waals surface area contributed by atoms with E-state index in [2.05, 4.69) is 91.8 Å². The molecule has 118 valence electrons. The van der Waals surface area contributed by atoms with E-state index in [4.69, 9.17) is 0 Å². The summed E-state index contributed by atoms with van der Waals surface area (Å²) in [6.07, 6.45) is 3.53. The summed E-state index contributed by atoms with van der Waals surface area (Å²) in [5, 5.41) is 2.67. The number of hydrogen-bond donors (Lipinski definition) is 0. The summed E-state index contributed by atoms with van der Waals surface area (Å²) in [6.45, 7) is 0. The number of fused-ring (bicyclic) bond motifs is 1. The monoisotopic (exact) mass is 303 g/mol. The first kappa shape index (κ1) is 15.8. The predicted molar refractivity (Wildman–Crippen MR) is 99.8 cm³/mol. The Hall–Kier alpha value is -2.12. The molecule has 0 amide bonds. The van der Waals surface area contributed by atoms with Crippen molar-refractivity contribution in [3.63, 3.8) is 0 Å². The molecule has 0 bridgehead atoms. The predicted octanol–water partition coefficient (Wildman–Crippen LogP) is 5.47. The Morgan fingerprint density at radius 1 is 0.783 bits per heavy atom. The van der Waals surface area contributed by atoms with Crippen LogP contribution in [0.1, 0.15) is 30.0 Å². The Kier molecular flexibility index (Phi) is 5.09. The van der Waals surface area contributed by atoms with Crippen molar-refractivity contribution in [3.8, 4) is 0 Å². The van der Waals surface area contributed by atoms with Crippen LogP contribution in [-0.4, -0.2) is 19.0 Å². The van der Waals surface area contributed by atoms with Crippen LogP contribution in [0.3, 0.4) is 0 Å². The molecule has 0 fully saturated rings. The summed E-state index contributed by atoms with van der Waals surface area (Å²) >= 11 is 0. The highest BCUT2D eigenvalue weighted by Gasteiger charge is 2.13. The average Bonchev–Trinajstić information content (AvgIpc) is 2.59. The van der Waals surface area contributed by atoms with Crippen molar-refractivity contribution in [2.24, 2.45) is 0 Å². The van der Waals surface area contributed by atoms with Gasteiger partial charge in [0.1, 0.15) is 0 Å². The first-order valence-corrected chi connectivity index (χ1v) is 8.43. The normalized spacial score (nSPS) is 12.7. The summed E-state index contributed by atoms with van der Waals surface area (Å²) in [4.78, 5) is 2.33. The van der Waals surface area contributed by atoms with Crippen LogP contribution in [0.25, 0.3) is 10.8 Å². The van der Waals surface area contributed by atoms with E-state index in [0.717, 1.165) is 6.42 Å². The van der Waals surface area contributed by atoms with E-state index in [1.54, 1.807) is 0 Å². The molecule has 3 aromatic rings. The van der Waals surface area contributed by atoms with Crippen LogP contribution in [0.2, 0.25) is 0 Å². The molecule has 0 spiro atoms. The maximum absolute atomic E-state index is 2.34. The minimum absolute atomic E-state index is 0.497. The van der Waals surface area contributed by atoms with Crippen molar-refractivity contribution >= 4 is 10.8 Å². The van der Waals surface area contributed by atoms with Gasteiger partial charge < -0.3 is 4.90 Å². The lowest BCUT2D eigenvalue weighted by atomic mass is 9.97. The average molecular weight is 303 g/mol. The molecule has 3 aromatic carbocycles. The molecule has 0 heterocycles. The standard InChI is InChI=1S/C22H25N/c1-23(2)22(20-11-4-3-5-12-20)14-8-9-18-15-16-19-10-6-7-13-21(19)17-18/h3-7,10-13,15-17,22H,8-9,14H2,1-2H3. The molecule has 0 radical (unpaired) electrons. The maximum atomic E-state index is 2.34. The van der Waals surface area contributed by atoms with Gasteiger partial charge >= 0.3 is 0 Å². The topological polar surface area (TPSA) is 3.24 Å². The Morgan fingerprint density at radius 3 is 2.22 bits per heavy atom. The Morgan fingerprint density at radius 2 is 1.48 bits per heavy atom. The van der Waals surface area contributed by atoms with E-state index >= 15 is 0 Å². The van der Waals surface area contributed by atoms with E-state index in [-0.39, 0.29) is 0 Å². The van der Waals surface area contributed by atoms with Crippen molar-refractivity contribution in [2.45, 2.75) is 25.3 Å². The third-order valence-electron chi connectivity index (χ3n) is 4.56. The first-order chi connectivity index (χ1) is 11.2. The van der Waals surface area contributed by atoms with E-state index in [0.29, 0.717) is 6.04 Å². The minimum Gasteiger partial charge on any atom is -0.302 e. The van der Waals surface area contributed by atoms with Crippen LogP contribution in [-0.2, 0) is 6.42 Å². The highest BCUT2D eigenvalue weighted by atomic mass is 15.1. The van der Waals surface area contributed by atoms with Crippen molar-refractivity contribution < 1.29 is 0 Å². The lowest BCUT2D eigenvalue weighted by molar-refractivity contribution is 0.279. The van der Waals surface area contributed by atoms with Crippen LogP contribution in [0.5, 0.6) is 0 Å². The van der Waals surface area contributed by atoms with E-state index < -0.39 is 0 Å². The maximum Gasteiger partial charge on any atom is 0.0342 e. The zero-order valence-corrected chi connectivity index (χ0v) is 14.1. The van der Waals surface area contributed by atoms with Gasteiger partial charge in [-0.15, -0.1) is 0 Å². The lowest BCUT2D eigenvalue weighted by Gasteiger charge is -2.24. The third-order valence-corrected chi connectivity index (χ3v) is 4.56. The molecule has 0 aliphatic heterocycles.